The van der Waals surface area contributed by atoms with E-state index in [9.17, 15) is 8.42 Å². The van der Waals surface area contributed by atoms with Gasteiger partial charge >= 0.3 is 10.3 Å². The van der Waals surface area contributed by atoms with Gasteiger partial charge in [0.05, 0.1) is 0 Å². The van der Waals surface area contributed by atoms with Crippen molar-refractivity contribution in [2.24, 2.45) is 0 Å². The summed E-state index contributed by atoms with van der Waals surface area (Å²) in [5.74, 6) is 0.344. The fraction of sp³-hybridized carbons (Fsp3) is 0.400. The third kappa shape index (κ3) is 3.72. The second kappa shape index (κ2) is 7.18. The van der Waals surface area contributed by atoms with Gasteiger partial charge in [0.1, 0.15) is 5.75 Å². The zero-order chi connectivity index (χ0) is 17.9. The highest BCUT2D eigenvalue weighted by atomic mass is 32.2. The molecular weight excluding hydrogens is 334 g/mol. The molecule has 0 aromatic heterocycles. The van der Waals surface area contributed by atoms with Gasteiger partial charge in [0.25, 0.3) is 0 Å². The molecule has 1 aliphatic rings. The minimum absolute atomic E-state index is 0.0124. The van der Waals surface area contributed by atoms with Crippen molar-refractivity contribution in [1.82, 2.24) is 4.31 Å². The lowest BCUT2D eigenvalue weighted by molar-refractivity contribution is 0.345. The van der Waals surface area contributed by atoms with Crippen LogP contribution in [-0.2, 0) is 15.7 Å². The molecule has 0 saturated heterocycles. The minimum atomic E-state index is -3.72. The van der Waals surface area contributed by atoms with Crippen LogP contribution in [0.5, 0.6) is 5.75 Å². The molecule has 1 saturated carbocycles. The summed E-state index contributed by atoms with van der Waals surface area (Å²) in [5, 5.41) is 0. The van der Waals surface area contributed by atoms with Crippen LogP contribution in [0, 0.1) is 0 Å². The smallest absolute Gasteiger partial charge is 0.371 e. The molecule has 0 N–H and O–H groups in total. The molecule has 0 aliphatic heterocycles. The highest BCUT2D eigenvalue weighted by Crippen LogP contribution is 2.45. The first kappa shape index (κ1) is 18.0. The molecule has 5 heteroatoms. The Bertz CT molecular complexity index is 793. The van der Waals surface area contributed by atoms with Gasteiger partial charge in [-0.05, 0) is 36.1 Å². The Morgan fingerprint density at radius 3 is 1.96 bits per heavy atom. The molecule has 1 fully saturated rings. The second-order valence-corrected chi connectivity index (χ2v) is 8.61. The molecule has 25 heavy (non-hydrogen) atoms. The van der Waals surface area contributed by atoms with Crippen molar-refractivity contribution in [1.29, 1.82) is 0 Å². The van der Waals surface area contributed by atoms with Gasteiger partial charge < -0.3 is 4.18 Å². The molecule has 0 amide bonds. The summed E-state index contributed by atoms with van der Waals surface area (Å²) >= 11 is 0. The third-order valence-electron chi connectivity index (χ3n) is 5.09. The molecule has 2 aromatic rings. The highest BCUT2D eigenvalue weighted by molar-refractivity contribution is 7.84. The van der Waals surface area contributed by atoms with E-state index in [-0.39, 0.29) is 5.41 Å². The van der Waals surface area contributed by atoms with Gasteiger partial charge in [-0.1, -0.05) is 61.7 Å². The van der Waals surface area contributed by atoms with Gasteiger partial charge in [-0.2, -0.15) is 12.7 Å². The average molecular weight is 359 g/mol. The first-order chi connectivity index (χ1) is 11.9. The topological polar surface area (TPSA) is 46.6 Å². The van der Waals surface area contributed by atoms with Gasteiger partial charge in [0.2, 0.25) is 0 Å². The summed E-state index contributed by atoms with van der Waals surface area (Å²) in [6, 6.07) is 18.2. The molecule has 1 aliphatic carbocycles. The summed E-state index contributed by atoms with van der Waals surface area (Å²) < 4.78 is 30.0. The average Bonchev–Trinajstić information content (AvgIpc) is 2.63. The molecule has 0 unspecified atom stereocenters. The number of benzene rings is 2. The van der Waals surface area contributed by atoms with E-state index in [1.165, 1.54) is 44.5 Å². The fourth-order valence-electron chi connectivity index (χ4n) is 3.68. The monoisotopic (exact) mass is 359 g/mol. The number of nitrogens with zero attached hydrogens (tertiary/aromatic N) is 1. The molecule has 0 radical (unpaired) electrons. The quantitative estimate of drug-likeness (QED) is 0.807. The third-order valence-corrected chi connectivity index (χ3v) is 6.39. The van der Waals surface area contributed by atoms with Crippen molar-refractivity contribution in [3.8, 4) is 5.75 Å². The summed E-state index contributed by atoms with van der Waals surface area (Å²) in [5.41, 5.74) is 2.58. The summed E-state index contributed by atoms with van der Waals surface area (Å²) in [7, 11) is -0.814. The van der Waals surface area contributed by atoms with Gasteiger partial charge in [0.15, 0.2) is 0 Å². The van der Waals surface area contributed by atoms with Crippen LogP contribution in [0.4, 0.5) is 0 Å². The fourth-order valence-corrected chi connectivity index (χ4v) is 4.19. The zero-order valence-electron chi connectivity index (χ0n) is 14.8. The number of rotatable bonds is 5. The van der Waals surface area contributed by atoms with E-state index in [0.29, 0.717) is 5.75 Å². The van der Waals surface area contributed by atoms with Gasteiger partial charge in [-0.3, -0.25) is 0 Å². The van der Waals surface area contributed by atoms with Crippen molar-refractivity contribution in [2.75, 3.05) is 14.1 Å². The number of hydrogen-bond acceptors (Lipinski definition) is 3. The van der Waals surface area contributed by atoms with E-state index in [1.807, 2.05) is 18.2 Å². The lowest BCUT2D eigenvalue weighted by Crippen LogP contribution is -2.30. The van der Waals surface area contributed by atoms with E-state index in [4.69, 9.17) is 4.18 Å². The maximum atomic E-state index is 11.9. The van der Waals surface area contributed by atoms with Crippen LogP contribution in [-0.4, -0.2) is 26.8 Å². The Balaban J connectivity index is 1.93. The van der Waals surface area contributed by atoms with Crippen LogP contribution >= 0.6 is 0 Å². The van der Waals surface area contributed by atoms with Gasteiger partial charge in [0, 0.05) is 19.5 Å². The van der Waals surface area contributed by atoms with E-state index in [1.54, 1.807) is 12.1 Å². The molecule has 3 rings (SSSR count). The predicted octanol–water partition coefficient (Wildman–Crippen LogP) is 4.12. The Morgan fingerprint density at radius 2 is 1.40 bits per heavy atom. The van der Waals surface area contributed by atoms with Crippen LogP contribution in [0.15, 0.2) is 54.6 Å². The molecule has 4 nitrogen and oxygen atoms in total. The number of hydrogen-bond donors (Lipinski definition) is 0. The highest BCUT2D eigenvalue weighted by Gasteiger charge is 2.35. The van der Waals surface area contributed by atoms with Crippen LogP contribution < -0.4 is 4.18 Å². The predicted molar refractivity (Wildman–Crippen MR) is 100.0 cm³/mol. The first-order valence-corrected chi connectivity index (χ1v) is 10.1. The van der Waals surface area contributed by atoms with Crippen LogP contribution in [0.25, 0.3) is 0 Å². The molecule has 2 aromatic carbocycles. The Morgan fingerprint density at radius 1 is 0.840 bits per heavy atom. The summed E-state index contributed by atoms with van der Waals surface area (Å²) in [6.07, 6.45) is 5.93. The molecule has 0 bridgehead atoms. The molecule has 0 spiro atoms. The van der Waals surface area contributed by atoms with Crippen molar-refractivity contribution in [2.45, 2.75) is 37.5 Å². The SMILES string of the molecule is CN(C)S(=O)(=O)Oc1ccc(C2(c3ccccc3)CCCCC2)cc1. The van der Waals surface area contributed by atoms with Gasteiger partial charge in [-0.25, -0.2) is 0 Å². The second-order valence-electron chi connectivity index (χ2n) is 6.86. The van der Waals surface area contributed by atoms with E-state index < -0.39 is 10.3 Å². The normalized spacial score (nSPS) is 17.4. The van der Waals surface area contributed by atoms with Crippen molar-refractivity contribution < 1.29 is 12.6 Å². The molecule has 134 valence electrons. The lowest BCUT2D eigenvalue weighted by atomic mass is 9.65. The summed E-state index contributed by atoms with van der Waals surface area (Å²) in [4.78, 5) is 0. The Hall–Kier alpha value is -1.85. The Labute approximate surface area is 150 Å². The Kier molecular flexibility index (Phi) is 5.16. The molecule has 0 atom stereocenters. The van der Waals surface area contributed by atoms with Gasteiger partial charge in [-0.15, -0.1) is 0 Å². The van der Waals surface area contributed by atoms with Crippen LogP contribution in [0.3, 0.4) is 0 Å². The standard InChI is InChI=1S/C20H25NO3S/c1-21(2)25(22,23)24-19-13-11-18(12-14-19)20(15-7-4-8-16-20)17-9-5-3-6-10-17/h3,5-6,9-14H,4,7-8,15-16H2,1-2H3. The molecular formula is C20H25NO3S. The minimum Gasteiger partial charge on any atom is -0.371 e. The lowest BCUT2D eigenvalue weighted by Gasteiger charge is -2.38. The van der Waals surface area contributed by atoms with Crippen molar-refractivity contribution >= 4 is 10.3 Å². The van der Waals surface area contributed by atoms with Crippen molar-refractivity contribution in [3.05, 3.63) is 65.7 Å². The van der Waals surface area contributed by atoms with Crippen LogP contribution in [0.1, 0.15) is 43.2 Å². The molecule has 0 heterocycles. The maximum absolute atomic E-state index is 11.9. The van der Waals surface area contributed by atoms with E-state index in [0.717, 1.165) is 17.1 Å². The van der Waals surface area contributed by atoms with E-state index in [2.05, 4.69) is 24.3 Å². The van der Waals surface area contributed by atoms with Crippen LogP contribution in [0.2, 0.25) is 0 Å². The largest absolute Gasteiger partial charge is 0.384 e. The zero-order valence-corrected chi connectivity index (χ0v) is 15.6. The maximum Gasteiger partial charge on any atom is 0.384 e. The summed E-state index contributed by atoms with van der Waals surface area (Å²) in [6.45, 7) is 0. The van der Waals surface area contributed by atoms with E-state index >= 15 is 0 Å². The van der Waals surface area contributed by atoms with Crippen molar-refractivity contribution in [3.63, 3.8) is 0 Å². The first-order valence-electron chi connectivity index (χ1n) is 8.72.